The second kappa shape index (κ2) is 6.55. The smallest absolute Gasteiger partial charge is 0.329 e. The van der Waals surface area contributed by atoms with E-state index in [1.165, 1.54) is 6.07 Å². The maximum atomic E-state index is 13.1. The second-order valence-electron chi connectivity index (χ2n) is 3.83. The third-order valence-electron chi connectivity index (χ3n) is 2.55. The predicted octanol–water partition coefficient (Wildman–Crippen LogP) is 2.46. The first-order valence-corrected chi connectivity index (χ1v) is 5.59. The van der Waals surface area contributed by atoms with Crippen LogP contribution < -0.4 is 11.1 Å². The summed E-state index contributed by atoms with van der Waals surface area (Å²) in [6.45, 7) is 2.05. The van der Waals surface area contributed by atoms with Gasteiger partial charge in [0.2, 0.25) is 0 Å². The van der Waals surface area contributed by atoms with Gasteiger partial charge < -0.3 is 5.73 Å². The molecule has 2 nitrogen and oxygen atoms in total. The van der Waals surface area contributed by atoms with Gasteiger partial charge in [-0.05, 0) is 24.6 Å². The zero-order chi connectivity index (χ0) is 14.5. The topological polar surface area (TPSA) is 38.0 Å². The number of benzene rings is 1. The van der Waals surface area contributed by atoms with Crippen molar-refractivity contribution >= 4 is 0 Å². The molecule has 1 unspecified atom stereocenters. The van der Waals surface area contributed by atoms with Crippen LogP contribution in [0.2, 0.25) is 0 Å². The van der Waals surface area contributed by atoms with Gasteiger partial charge in [-0.2, -0.15) is 13.2 Å². The molecule has 0 amide bonds. The number of rotatable bonds is 4. The SMILES string of the molecule is CC#CCNC(CN)c1ccc(F)c(C(F)(F)F)c1. The van der Waals surface area contributed by atoms with Crippen LogP contribution >= 0.6 is 0 Å². The van der Waals surface area contributed by atoms with Crippen molar-refractivity contribution < 1.29 is 17.6 Å². The van der Waals surface area contributed by atoms with Gasteiger partial charge in [-0.15, -0.1) is 5.92 Å². The van der Waals surface area contributed by atoms with Crippen molar-refractivity contribution in [1.82, 2.24) is 5.32 Å². The minimum absolute atomic E-state index is 0.0916. The van der Waals surface area contributed by atoms with Crippen molar-refractivity contribution in [1.29, 1.82) is 0 Å². The molecule has 0 saturated carbocycles. The summed E-state index contributed by atoms with van der Waals surface area (Å²) in [5.41, 5.74) is 4.50. The molecule has 0 radical (unpaired) electrons. The summed E-state index contributed by atoms with van der Waals surface area (Å²) in [6.07, 6.45) is -4.72. The first-order valence-electron chi connectivity index (χ1n) is 5.59. The van der Waals surface area contributed by atoms with Crippen LogP contribution in [-0.4, -0.2) is 13.1 Å². The van der Waals surface area contributed by atoms with Crippen LogP contribution in [0.4, 0.5) is 17.6 Å². The Hall–Kier alpha value is -1.58. The monoisotopic (exact) mass is 274 g/mol. The lowest BCUT2D eigenvalue weighted by Crippen LogP contribution is -2.29. The van der Waals surface area contributed by atoms with Crippen molar-refractivity contribution in [2.24, 2.45) is 5.73 Å². The molecule has 0 aromatic heterocycles. The summed E-state index contributed by atoms with van der Waals surface area (Å²) < 4.78 is 50.9. The third kappa shape index (κ3) is 4.23. The quantitative estimate of drug-likeness (QED) is 0.654. The van der Waals surface area contributed by atoms with E-state index >= 15 is 0 Å². The van der Waals surface area contributed by atoms with E-state index in [0.29, 0.717) is 6.54 Å². The summed E-state index contributed by atoms with van der Waals surface area (Å²) >= 11 is 0. The minimum Gasteiger partial charge on any atom is -0.329 e. The summed E-state index contributed by atoms with van der Waals surface area (Å²) in [6, 6.07) is 2.37. The van der Waals surface area contributed by atoms with Crippen LogP contribution in [0, 0.1) is 17.7 Å². The Bertz CT molecular complexity index is 486. The molecular formula is C13H14F4N2. The molecule has 1 rings (SSSR count). The average Bonchev–Trinajstić information content (AvgIpc) is 2.34. The van der Waals surface area contributed by atoms with E-state index in [4.69, 9.17) is 5.73 Å². The number of nitrogens with two attached hydrogens (primary N) is 1. The highest BCUT2D eigenvalue weighted by Crippen LogP contribution is 2.32. The Morgan fingerprint density at radius 2 is 2.05 bits per heavy atom. The standard InChI is InChI=1S/C13H14F4N2/c1-2-3-6-19-12(8-18)9-4-5-11(14)10(7-9)13(15,16)17/h4-5,7,12,19H,6,8,18H2,1H3. The van der Waals surface area contributed by atoms with Crippen LogP contribution in [0.25, 0.3) is 0 Å². The highest BCUT2D eigenvalue weighted by atomic mass is 19.4. The number of hydrogen-bond donors (Lipinski definition) is 2. The van der Waals surface area contributed by atoms with Crippen molar-refractivity contribution in [3.05, 3.63) is 35.1 Å². The summed E-state index contributed by atoms with van der Waals surface area (Å²) in [5.74, 6) is 4.08. The molecule has 1 aromatic rings. The predicted molar refractivity (Wildman–Crippen MR) is 64.7 cm³/mol. The van der Waals surface area contributed by atoms with Gasteiger partial charge in [0.1, 0.15) is 5.82 Å². The Balaban J connectivity index is 3.01. The zero-order valence-electron chi connectivity index (χ0n) is 10.3. The number of alkyl halides is 3. The van der Waals surface area contributed by atoms with Crippen LogP contribution in [-0.2, 0) is 6.18 Å². The normalized spacial score (nSPS) is 12.7. The Morgan fingerprint density at radius 1 is 1.37 bits per heavy atom. The maximum Gasteiger partial charge on any atom is 0.419 e. The molecular weight excluding hydrogens is 260 g/mol. The molecule has 0 aliphatic heterocycles. The molecule has 19 heavy (non-hydrogen) atoms. The number of nitrogens with one attached hydrogen (secondary N) is 1. The van der Waals surface area contributed by atoms with E-state index in [-0.39, 0.29) is 12.1 Å². The molecule has 0 spiro atoms. The third-order valence-corrected chi connectivity index (χ3v) is 2.55. The Kier molecular flexibility index (Phi) is 5.33. The molecule has 1 atom stereocenters. The van der Waals surface area contributed by atoms with Crippen molar-refractivity contribution in [3.8, 4) is 11.8 Å². The van der Waals surface area contributed by atoms with Crippen molar-refractivity contribution in [2.45, 2.75) is 19.1 Å². The molecule has 6 heteroatoms. The van der Waals surface area contributed by atoms with Crippen molar-refractivity contribution in [2.75, 3.05) is 13.1 Å². The summed E-state index contributed by atoms with van der Waals surface area (Å²) in [7, 11) is 0. The second-order valence-corrected chi connectivity index (χ2v) is 3.83. The van der Waals surface area contributed by atoms with E-state index in [9.17, 15) is 17.6 Å². The number of hydrogen-bond acceptors (Lipinski definition) is 2. The van der Waals surface area contributed by atoms with Gasteiger partial charge in [-0.3, -0.25) is 5.32 Å². The fourth-order valence-corrected chi connectivity index (χ4v) is 1.58. The van der Waals surface area contributed by atoms with Gasteiger partial charge in [0.25, 0.3) is 0 Å². The highest BCUT2D eigenvalue weighted by molar-refractivity contribution is 5.29. The van der Waals surface area contributed by atoms with Gasteiger partial charge >= 0.3 is 6.18 Å². The van der Waals surface area contributed by atoms with Gasteiger partial charge in [0.15, 0.2) is 0 Å². The lowest BCUT2D eigenvalue weighted by Gasteiger charge is -2.17. The van der Waals surface area contributed by atoms with Crippen LogP contribution in [0.1, 0.15) is 24.1 Å². The van der Waals surface area contributed by atoms with E-state index in [1.54, 1.807) is 6.92 Å². The molecule has 104 valence electrons. The van der Waals surface area contributed by atoms with E-state index in [0.717, 1.165) is 12.1 Å². The Labute approximate surface area is 109 Å². The van der Waals surface area contributed by atoms with Gasteiger partial charge in [0, 0.05) is 12.6 Å². The molecule has 3 N–H and O–H groups in total. The molecule has 0 aliphatic rings. The molecule has 0 aliphatic carbocycles. The summed E-state index contributed by atoms with van der Waals surface area (Å²) in [5, 5.41) is 2.90. The first-order chi connectivity index (χ1) is 8.90. The van der Waals surface area contributed by atoms with Gasteiger partial charge in [0.05, 0.1) is 12.1 Å². The first kappa shape index (κ1) is 15.5. The fraction of sp³-hybridized carbons (Fsp3) is 0.385. The van der Waals surface area contributed by atoms with Crippen LogP contribution in [0.3, 0.4) is 0 Å². The van der Waals surface area contributed by atoms with E-state index < -0.39 is 23.6 Å². The van der Waals surface area contributed by atoms with Crippen LogP contribution in [0.15, 0.2) is 18.2 Å². The molecule has 0 bridgehead atoms. The zero-order valence-corrected chi connectivity index (χ0v) is 10.3. The number of halogens is 4. The molecule has 0 saturated heterocycles. The van der Waals surface area contributed by atoms with Crippen LogP contribution in [0.5, 0.6) is 0 Å². The van der Waals surface area contributed by atoms with Crippen molar-refractivity contribution in [3.63, 3.8) is 0 Å². The fourth-order valence-electron chi connectivity index (χ4n) is 1.58. The largest absolute Gasteiger partial charge is 0.419 e. The lowest BCUT2D eigenvalue weighted by molar-refractivity contribution is -0.140. The summed E-state index contributed by atoms with van der Waals surface area (Å²) in [4.78, 5) is 0. The molecule has 0 heterocycles. The minimum atomic E-state index is -4.72. The van der Waals surface area contributed by atoms with E-state index in [2.05, 4.69) is 17.2 Å². The van der Waals surface area contributed by atoms with E-state index in [1.807, 2.05) is 0 Å². The highest BCUT2D eigenvalue weighted by Gasteiger charge is 2.34. The molecule has 1 aromatic carbocycles. The van der Waals surface area contributed by atoms with Gasteiger partial charge in [-0.1, -0.05) is 12.0 Å². The average molecular weight is 274 g/mol. The molecule has 0 fully saturated rings. The lowest BCUT2D eigenvalue weighted by atomic mass is 10.0. The van der Waals surface area contributed by atoms with Gasteiger partial charge in [-0.25, -0.2) is 4.39 Å². The Morgan fingerprint density at radius 3 is 2.58 bits per heavy atom. The maximum absolute atomic E-state index is 13.1.